The van der Waals surface area contributed by atoms with Crippen molar-refractivity contribution < 1.29 is 23.1 Å². The molecule has 0 saturated heterocycles. The number of carbonyl (C=O) groups excluding carboxylic acids is 1. The highest BCUT2D eigenvalue weighted by Gasteiger charge is 2.45. The van der Waals surface area contributed by atoms with Crippen LogP contribution >= 0.6 is 11.6 Å². The molecule has 1 amide bonds. The third kappa shape index (κ3) is 5.03. The lowest BCUT2D eigenvalue weighted by Crippen LogP contribution is -2.47. The Morgan fingerprint density at radius 2 is 2.02 bits per heavy atom. The van der Waals surface area contributed by atoms with Gasteiger partial charge in [0.2, 0.25) is 10.0 Å². The number of aryl methyl sites for hydroxylation is 1. The first kappa shape index (κ1) is 27.6. The predicted octanol–water partition coefficient (Wildman–Crippen LogP) is 5.00. The normalized spacial score (nSPS) is 32.2. The van der Waals surface area contributed by atoms with Crippen LogP contribution in [0.4, 0.5) is 5.69 Å². The fraction of sp³-hybridized carbons (Fsp3) is 0.516. The number of fused-ring (bicyclic) bond motifs is 4. The Balaban J connectivity index is 1.41. The molecule has 1 fully saturated rings. The van der Waals surface area contributed by atoms with E-state index in [0.29, 0.717) is 44.1 Å². The van der Waals surface area contributed by atoms with Crippen LogP contribution in [0.1, 0.15) is 66.9 Å². The molecule has 2 bridgehead atoms. The summed E-state index contributed by atoms with van der Waals surface area (Å²) in [7, 11) is -3.87. The predicted molar refractivity (Wildman–Crippen MR) is 157 cm³/mol. The smallest absolute Gasteiger partial charge is 0.264 e. The number of rotatable bonds is 1. The minimum atomic E-state index is -3.87. The Hall–Kier alpha value is -2.55. The summed E-state index contributed by atoms with van der Waals surface area (Å²) in [4.78, 5) is 15.6. The van der Waals surface area contributed by atoms with Crippen LogP contribution in [0.15, 0.2) is 48.6 Å². The lowest BCUT2D eigenvalue weighted by molar-refractivity contribution is 0.0457. The molecule has 2 N–H and O–H groups in total. The summed E-state index contributed by atoms with van der Waals surface area (Å²) in [5.74, 6) is 0.491. The number of sulfonamides is 1. The summed E-state index contributed by atoms with van der Waals surface area (Å²) in [6.45, 7) is 3.73. The van der Waals surface area contributed by atoms with E-state index in [0.717, 1.165) is 42.9 Å². The summed E-state index contributed by atoms with van der Waals surface area (Å²) in [5.41, 5.74) is 3.34. The first-order valence-corrected chi connectivity index (χ1v) is 16.3. The van der Waals surface area contributed by atoms with Crippen molar-refractivity contribution in [2.24, 2.45) is 11.8 Å². The van der Waals surface area contributed by atoms with Crippen molar-refractivity contribution in [1.82, 2.24) is 4.72 Å². The first-order valence-electron chi connectivity index (χ1n) is 14.4. The van der Waals surface area contributed by atoms with Gasteiger partial charge in [-0.05, 0) is 98.2 Å². The second-order valence-corrected chi connectivity index (χ2v) is 14.3. The number of anilines is 1. The summed E-state index contributed by atoms with van der Waals surface area (Å²) in [5, 5.41) is 11.1. The molecule has 2 aliphatic heterocycles. The molecule has 2 aromatic carbocycles. The van der Waals surface area contributed by atoms with E-state index in [9.17, 15) is 18.3 Å². The zero-order valence-corrected chi connectivity index (χ0v) is 24.4. The van der Waals surface area contributed by atoms with E-state index in [2.05, 4.69) is 21.8 Å². The molecule has 2 aliphatic carbocycles. The van der Waals surface area contributed by atoms with Gasteiger partial charge in [0.1, 0.15) is 5.75 Å². The molecule has 5 unspecified atom stereocenters. The fourth-order valence-electron chi connectivity index (χ4n) is 7.08. The zero-order chi connectivity index (χ0) is 28.1. The maximum absolute atomic E-state index is 13.3. The number of aliphatic hydroxyl groups is 1. The number of hydrogen-bond acceptors (Lipinski definition) is 6. The molecule has 9 heteroatoms. The van der Waals surface area contributed by atoms with Crippen LogP contribution in [-0.2, 0) is 21.9 Å². The Kier molecular flexibility index (Phi) is 7.38. The summed E-state index contributed by atoms with van der Waals surface area (Å²) in [6, 6.07) is 11.3. The van der Waals surface area contributed by atoms with Gasteiger partial charge in [-0.2, -0.15) is 0 Å². The number of halogens is 1. The molecule has 4 aliphatic rings. The molecule has 214 valence electrons. The molecule has 7 nitrogen and oxygen atoms in total. The van der Waals surface area contributed by atoms with Crippen molar-refractivity contribution in [3.8, 4) is 5.75 Å². The van der Waals surface area contributed by atoms with Crippen LogP contribution in [0.25, 0.3) is 0 Å². The van der Waals surface area contributed by atoms with Gasteiger partial charge in [-0.1, -0.05) is 36.7 Å². The summed E-state index contributed by atoms with van der Waals surface area (Å²) >= 11 is 6.33. The SMILES string of the molecule is CCC1CC/C=C/C(O)C2CCC2CN2CC3(CCc4cc(Cl)ccc43)COc3ccc(cc32)C(=O)NS1(=O)=O. The number of ether oxygens (including phenoxy) is 1. The third-order valence-corrected chi connectivity index (χ3v) is 11.7. The quantitative estimate of drug-likeness (QED) is 0.458. The van der Waals surface area contributed by atoms with Crippen molar-refractivity contribution in [3.63, 3.8) is 0 Å². The fourth-order valence-corrected chi connectivity index (χ4v) is 8.70. The van der Waals surface area contributed by atoms with E-state index in [4.69, 9.17) is 16.3 Å². The molecular weight excluding hydrogens is 548 g/mol. The standard InChI is InChI=1S/C31H37ClN2O5S/c1-2-24-5-3-4-6-28(35)25-10-7-22(25)17-34-18-31(14-13-20-15-23(32)9-11-26(20)31)19-39-29-12-8-21(16-27(29)34)30(36)33-40(24,37)38/h4,6,8-9,11-12,15-16,22,24-25,28,35H,2-3,5,7,10,13-14,17-19H2,1H3,(H,33,36)/b6-4+. The number of allylic oxidation sites excluding steroid dienone is 1. The van der Waals surface area contributed by atoms with Crippen molar-refractivity contribution in [3.05, 3.63) is 70.3 Å². The minimum absolute atomic E-state index is 0.139. The minimum Gasteiger partial charge on any atom is -0.490 e. The molecule has 1 spiro atoms. The van der Waals surface area contributed by atoms with Gasteiger partial charge in [-0.3, -0.25) is 4.79 Å². The van der Waals surface area contributed by atoms with E-state index in [-0.39, 0.29) is 16.9 Å². The van der Waals surface area contributed by atoms with Crippen molar-refractivity contribution >= 4 is 33.2 Å². The van der Waals surface area contributed by atoms with E-state index in [1.165, 1.54) is 11.1 Å². The summed E-state index contributed by atoms with van der Waals surface area (Å²) < 4.78 is 35.0. The Labute approximate surface area is 241 Å². The molecular formula is C31H37ClN2O5S. The van der Waals surface area contributed by atoms with Crippen LogP contribution in [-0.4, -0.2) is 50.5 Å². The number of benzene rings is 2. The van der Waals surface area contributed by atoms with Crippen LogP contribution < -0.4 is 14.4 Å². The van der Waals surface area contributed by atoms with Crippen LogP contribution in [0.2, 0.25) is 5.02 Å². The maximum Gasteiger partial charge on any atom is 0.264 e. The molecule has 2 aromatic rings. The van der Waals surface area contributed by atoms with E-state index in [1.807, 2.05) is 25.1 Å². The second kappa shape index (κ2) is 10.7. The van der Waals surface area contributed by atoms with Crippen molar-refractivity contribution in [2.75, 3.05) is 24.6 Å². The highest BCUT2D eigenvalue weighted by molar-refractivity contribution is 7.90. The average Bonchev–Trinajstić information content (AvgIpc) is 3.16. The number of carbonyl (C=O) groups is 1. The van der Waals surface area contributed by atoms with E-state index >= 15 is 0 Å². The number of hydrogen-bond donors (Lipinski definition) is 2. The lowest BCUT2D eigenvalue weighted by Gasteiger charge is -2.43. The number of aliphatic hydroxyl groups excluding tert-OH is 1. The second-order valence-electron chi connectivity index (χ2n) is 11.9. The van der Waals surface area contributed by atoms with Gasteiger partial charge >= 0.3 is 0 Å². The molecule has 6 rings (SSSR count). The van der Waals surface area contributed by atoms with Gasteiger partial charge in [-0.25, -0.2) is 13.1 Å². The van der Waals surface area contributed by atoms with Crippen molar-refractivity contribution in [2.45, 2.75) is 68.6 Å². The molecule has 2 heterocycles. The Morgan fingerprint density at radius 3 is 2.80 bits per heavy atom. The van der Waals surface area contributed by atoms with Gasteiger partial charge in [0, 0.05) is 29.1 Å². The van der Waals surface area contributed by atoms with Crippen LogP contribution in [0.3, 0.4) is 0 Å². The third-order valence-electron chi connectivity index (χ3n) is 9.56. The maximum atomic E-state index is 13.3. The Bertz CT molecular complexity index is 1440. The van der Waals surface area contributed by atoms with Crippen molar-refractivity contribution in [1.29, 1.82) is 0 Å². The summed E-state index contributed by atoms with van der Waals surface area (Å²) in [6.07, 6.45) is 8.28. The molecule has 40 heavy (non-hydrogen) atoms. The van der Waals surface area contributed by atoms with E-state index in [1.54, 1.807) is 18.2 Å². The lowest BCUT2D eigenvalue weighted by atomic mass is 9.70. The first-order chi connectivity index (χ1) is 19.2. The van der Waals surface area contributed by atoms with Crippen LogP contribution in [0, 0.1) is 11.8 Å². The number of nitrogens with one attached hydrogen (secondary N) is 1. The molecule has 0 aromatic heterocycles. The largest absolute Gasteiger partial charge is 0.490 e. The topological polar surface area (TPSA) is 95.9 Å². The van der Waals surface area contributed by atoms with Gasteiger partial charge in [0.15, 0.2) is 0 Å². The number of nitrogens with zero attached hydrogens (tertiary/aromatic N) is 1. The Morgan fingerprint density at radius 1 is 1.18 bits per heavy atom. The average molecular weight is 585 g/mol. The van der Waals surface area contributed by atoms with Crippen LogP contribution in [0.5, 0.6) is 5.75 Å². The molecule has 1 saturated carbocycles. The monoisotopic (exact) mass is 584 g/mol. The van der Waals surface area contributed by atoms with Gasteiger partial charge in [-0.15, -0.1) is 0 Å². The number of amides is 1. The van der Waals surface area contributed by atoms with E-state index < -0.39 is 27.3 Å². The van der Waals surface area contributed by atoms with Gasteiger partial charge in [0.05, 0.1) is 23.6 Å². The zero-order valence-electron chi connectivity index (χ0n) is 22.8. The highest BCUT2D eigenvalue weighted by Crippen LogP contribution is 2.47. The highest BCUT2D eigenvalue weighted by atomic mass is 35.5. The van der Waals surface area contributed by atoms with Gasteiger partial charge < -0.3 is 14.7 Å². The molecule has 0 radical (unpaired) electrons. The van der Waals surface area contributed by atoms with Gasteiger partial charge in [0.25, 0.3) is 5.91 Å². The molecule has 5 atom stereocenters.